The number of hydrogen-bond donors (Lipinski definition) is 0. The molecule has 0 N–H and O–H groups in total. The minimum atomic E-state index is -1.87. The summed E-state index contributed by atoms with van der Waals surface area (Å²) in [5.74, 6) is -0.407. The fraction of sp³-hybridized carbons (Fsp3) is 0.565. The highest BCUT2D eigenvalue weighted by atomic mass is 28.4. The monoisotopic (exact) mass is 400 g/mol. The number of aldehydes is 1. The third kappa shape index (κ3) is 3.93. The van der Waals surface area contributed by atoms with E-state index in [4.69, 9.17) is 9.16 Å². The van der Waals surface area contributed by atoms with Crippen LogP contribution in [-0.4, -0.2) is 32.6 Å². The molecule has 0 bridgehead atoms. The fourth-order valence-electron chi connectivity index (χ4n) is 4.04. The zero-order valence-electron chi connectivity index (χ0n) is 17.6. The molecule has 1 heterocycles. The molecule has 28 heavy (non-hydrogen) atoms. The Labute approximate surface area is 169 Å². The first-order valence-electron chi connectivity index (χ1n) is 10.1. The Morgan fingerprint density at radius 3 is 2.54 bits per heavy atom. The molecule has 0 aromatic heterocycles. The number of allylic oxidation sites excluding steroid dienone is 1. The van der Waals surface area contributed by atoms with Gasteiger partial charge in [0.25, 0.3) is 0 Å². The number of carbonyl (C=O) groups is 2. The van der Waals surface area contributed by atoms with Crippen LogP contribution in [0.3, 0.4) is 0 Å². The molecule has 1 aliphatic heterocycles. The van der Waals surface area contributed by atoms with Crippen LogP contribution >= 0.6 is 0 Å². The second-order valence-corrected chi connectivity index (χ2v) is 14.4. The number of rotatable bonds is 6. The van der Waals surface area contributed by atoms with Crippen LogP contribution in [0.4, 0.5) is 0 Å². The van der Waals surface area contributed by atoms with Crippen LogP contribution in [0, 0.1) is 11.8 Å². The van der Waals surface area contributed by atoms with Gasteiger partial charge in [0.2, 0.25) is 0 Å². The van der Waals surface area contributed by atoms with E-state index >= 15 is 0 Å². The summed E-state index contributed by atoms with van der Waals surface area (Å²) in [6, 6.07) is 9.84. The highest BCUT2D eigenvalue weighted by Gasteiger charge is 2.55. The van der Waals surface area contributed by atoms with E-state index in [0.717, 1.165) is 11.8 Å². The van der Waals surface area contributed by atoms with Crippen molar-refractivity contribution in [1.29, 1.82) is 0 Å². The Balaban J connectivity index is 1.85. The quantitative estimate of drug-likeness (QED) is 0.505. The molecule has 0 unspecified atom stereocenters. The summed E-state index contributed by atoms with van der Waals surface area (Å²) in [5.41, 5.74) is 0.363. The Morgan fingerprint density at radius 2 is 1.93 bits per heavy atom. The van der Waals surface area contributed by atoms with Crippen LogP contribution in [0.1, 0.15) is 45.3 Å². The molecule has 5 heteroatoms. The van der Waals surface area contributed by atoms with Gasteiger partial charge in [0, 0.05) is 25.4 Å². The minimum absolute atomic E-state index is 0.0649. The van der Waals surface area contributed by atoms with Gasteiger partial charge in [0.1, 0.15) is 6.29 Å². The van der Waals surface area contributed by atoms with Crippen molar-refractivity contribution < 1.29 is 18.8 Å². The molecule has 4 nitrogen and oxygen atoms in total. The first kappa shape index (κ1) is 21.2. The third-order valence-corrected chi connectivity index (χ3v) is 11.3. The van der Waals surface area contributed by atoms with Gasteiger partial charge in [0.05, 0.1) is 17.6 Å². The molecule has 3 rings (SSSR count). The maximum absolute atomic E-state index is 12.1. The second kappa shape index (κ2) is 7.69. The smallest absolute Gasteiger partial charge is 0.191 e. The zero-order valence-corrected chi connectivity index (χ0v) is 18.6. The largest absolute Gasteiger partial charge is 0.417 e. The van der Waals surface area contributed by atoms with Gasteiger partial charge in [-0.15, -0.1) is 0 Å². The van der Waals surface area contributed by atoms with E-state index < -0.39 is 13.9 Å². The normalized spacial score (nSPS) is 30.3. The second-order valence-electron chi connectivity index (χ2n) is 9.59. The molecule has 0 spiro atoms. The molecule has 4 atom stereocenters. The molecule has 152 valence electrons. The van der Waals surface area contributed by atoms with Gasteiger partial charge in [-0.3, -0.25) is 4.79 Å². The lowest BCUT2D eigenvalue weighted by Gasteiger charge is -2.39. The summed E-state index contributed by atoms with van der Waals surface area (Å²) in [5, 5.41) is 0.136. The lowest BCUT2D eigenvalue weighted by atomic mass is 9.72. The molecule has 2 aliphatic rings. The summed E-state index contributed by atoms with van der Waals surface area (Å²) in [6.45, 7) is 11.7. The molecule has 1 saturated heterocycles. The predicted molar refractivity (Wildman–Crippen MR) is 113 cm³/mol. The number of ketones is 1. The van der Waals surface area contributed by atoms with Crippen molar-refractivity contribution >= 4 is 20.4 Å². The lowest BCUT2D eigenvalue weighted by Crippen LogP contribution is -2.44. The molecule has 1 aliphatic carbocycles. The van der Waals surface area contributed by atoms with E-state index in [0.29, 0.717) is 19.4 Å². The molecule has 0 radical (unpaired) electrons. The Bertz CT molecular complexity index is 750. The van der Waals surface area contributed by atoms with Crippen LogP contribution in [-0.2, 0) is 18.8 Å². The Kier molecular flexibility index (Phi) is 5.81. The van der Waals surface area contributed by atoms with E-state index in [9.17, 15) is 9.59 Å². The van der Waals surface area contributed by atoms with Gasteiger partial charge >= 0.3 is 0 Å². The van der Waals surface area contributed by atoms with Gasteiger partial charge in [-0.05, 0) is 35.8 Å². The van der Waals surface area contributed by atoms with E-state index in [2.05, 4.69) is 33.9 Å². The average molecular weight is 401 g/mol. The molecular formula is C23H32O4Si. The standard InChI is InChI=1S/C23H32O4Si/c1-22(2,3)28(4,5)26-14-13-23-12-11-18(25)15-20(23)19(16-24)21(27-23)17-9-7-6-8-10-17/h6-12,16,19-21H,13-15H2,1-5H3/t19-,20-,21-,23+/m1/s1. The lowest BCUT2D eigenvalue weighted by molar-refractivity contribution is -0.119. The maximum atomic E-state index is 12.1. The SMILES string of the molecule is CC(C)(C)[Si](C)(C)OCC[C@@]12C=CC(=O)C[C@@H]1[C@@H](C=O)[C@@H](c1ccccc1)O2. The number of fused-ring (bicyclic) bond motifs is 1. The maximum Gasteiger partial charge on any atom is 0.191 e. The van der Waals surface area contributed by atoms with Crippen molar-refractivity contribution in [2.45, 2.75) is 63.5 Å². The summed E-state index contributed by atoms with van der Waals surface area (Å²) < 4.78 is 12.9. The van der Waals surface area contributed by atoms with Crippen LogP contribution < -0.4 is 0 Å². The zero-order chi connectivity index (χ0) is 20.6. The first-order chi connectivity index (χ1) is 13.1. The third-order valence-electron chi connectivity index (χ3n) is 6.81. The van der Waals surface area contributed by atoms with Crippen molar-refractivity contribution in [2.24, 2.45) is 11.8 Å². The Hall–Kier alpha value is -1.56. The number of carbonyl (C=O) groups excluding carboxylic acids is 2. The van der Waals surface area contributed by atoms with E-state index in [1.807, 2.05) is 36.4 Å². The fourth-order valence-corrected chi connectivity index (χ4v) is 5.08. The van der Waals surface area contributed by atoms with Gasteiger partial charge in [0.15, 0.2) is 14.1 Å². The summed E-state index contributed by atoms with van der Waals surface area (Å²) >= 11 is 0. The van der Waals surface area contributed by atoms with Gasteiger partial charge in [-0.25, -0.2) is 0 Å². The topological polar surface area (TPSA) is 52.6 Å². The van der Waals surface area contributed by atoms with Crippen LogP contribution in [0.5, 0.6) is 0 Å². The summed E-state index contributed by atoms with van der Waals surface area (Å²) in [4.78, 5) is 24.2. The van der Waals surface area contributed by atoms with Crippen molar-refractivity contribution in [3.8, 4) is 0 Å². The Morgan fingerprint density at radius 1 is 1.25 bits per heavy atom. The highest BCUT2D eigenvalue weighted by molar-refractivity contribution is 6.74. The molecule has 0 amide bonds. The average Bonchev–Trinajstić information content (AvgIpc) is 2.95. The van der Waals surface area contributed by atoms with Crippen LogP contribution in [0.15, 0.2) is 42.5 Å². The van der Waals surface area contributed by atoms with Crippen LogP contribution in [0.25, 0.3) is 0 Å². The van der Waals surface area contributed by atoms with Crippen molar-refractivity contribution in [2.75, 3.05) is 6.61 Å². The number of ether oxygens (including phenoxy) is 1. The van der Waals surface area contributed by atoms with E-state index in [1.54, 1.807) is 6.08 Å². The molecule has 1 aromatic carbocycles. The van der Waals surface area contributed by atoms with Crippen molar-refractivity contribution in [1.82, 2.24) is 0 Å². The molecule has 1 aromatic rings. The first-order valence-corrected chi connectivity index (χ1v) is 13.0. The molecular weight excluding hydrogens is 368 g/mol. The highest BCUT2D eigenvalue weighted by Crippen LogP contribution is 2.53. The van der Waals surface area contributed by atoms with Crippen LogP contribution in [0.2, 0.25) is 18.1 Å². The molecule has 1 fully saturated rings. The number of hydrogen-bond acceptors (Lipinski definition) is 4. The summed E-state index contributed by atoms with van der Waals surface area (Å²) in [7, 11) is -1.87. The van der Waals surface area contributed by atoms with Crippen molar-refractivity contribution in [3.05, 3.63) is 48.0 Å². The van der Waals surface area contributed by atoms with Crippen molar-refractivity contribution in [3.63, 3.8) is 0 Å². The minimum Gasteiger partial charge on any atom is -0.417 e. The predicted octanol–water partition coefficient (Wildman–Crippen LogP) is 4.87. The van der Waals surface area contributed by atoms with Gasteiger partial charge in [-0.1, -0.05) is 51.1 Å². The van der Waals surface area contributed by atoms with Gasteiger partial charge < -0.3 is 14.0 Å². The van der Waals surface area contributed by atoms with E-state index in [-0.39, 0.29) is 28.8 Å². The molecule has 0 saturated carbocycles. The van der Waals surface area contributed by atoms with Gasteiger partial charge in [-0.2, -0.15) is 0 Å². The summed E-state index contributed by atoms with van der Waals surface area (Å²) in [6.07, 6.45) is 5.17. The van der Waals surface area contributed by atoms with E-state index in [1.165, 1.54) is 0 Å². The number of benzene rings is 1.